The van der Waals surface area contributed by atoms with E-state index in [9.17, 15) is 0 Å². The summed E-state index contributed by atoms with van der Waals surface area (Å²) in [6.45, 7) is 5.75. The van der Waals surface area contributed by atoms with E-state index in [0.29, 0.717) is 18.2 Å². The molecular weight excluding hydrogens is 407 g/mol. The van der Waals surface area contributed by atoms with E-state index in [-0.39, 0.29) is 24.8 Å². The molecule has 0 aromatic heterocycles. The quantitative estimate of drug-likeness (QED) is 0.543. The summed E-state index contributed by atoms with van der Waals surface area (Å²) in [6.07, 6.45) is 0. The van der Waals surface area contributed by atoms with Gasteiger partial charge in [0.2, 0.25) is 0 Å². The maximum Gasteiger partial charge on any atom is 0.161 e. The highest BCUT2D eigenvalue weighted by Crippen LogP contribution is 2.30. The molecule has 1 N–H and O–H groups in total. The average Bonchev–Trinajstić information content (AvgIpc) is 2.59. The van der Waals surface area contributed by atoms with Crippen LogP contribution in [0.15, 0.2) is 42.5 Å². The smallest absolute Gasteiger partial charge is 0.161 e. The first-order valence-electron chi connectivity index (χ1n) is 8.57. The molecule has 0 fully saturated rings. The van der Waals surface area contributed by atoms with E-state index < -0.39 is 0 Å². The molecule has 2 aromatic rings. The van der Waals surface area contributed by atoms with Crippen molar-refractivity contribution in [3.63, 3.8) is 0 Å². The van der Waals surface area contributed by atoms with E-state index in [2.05, 4.69) is 30.4 Å². The van der Waals surface area contributed by atoms with Gasteiger partial charge < -0.3 is 19.7 Å². The van der Waals surface area contributed by atoms with Gasteiger partial charge in [-0.15, -0.1) is 24.8 Å². The van der Waals surface area contributed by atoms with Gasteiger partial charge in [-0.2, -0.15) is 0 Å². The molecule has 0 bridgehead atoms. The molecule has 0 saturated heterocycles. The van der Waals surface area contributed by atoms with Gasteiger partial charge in [0.15, 0.2) is 11.5 Å². The van der Waals surface area contributed by atoms with Gasteiger partial charge in [-0.3, -0.25) is 0 Å². The third-order valence-electron chi connectivity index (χ3n) is 3.71. The van der Waals surface area contributed by atoms with Crippen molar-refractivity contribution in [3.05, 3.63) is 58.6 Å². The summed E-state index contributed by atoms with van der Waals surface area (Å²) in [7, 11) is 4.14. The molecule has 152 valence electrons. The molecule has 2 aromatic carbocycles. The van der Waals surface area contributed by atoms with Gasteiger partial charge in [0.1, 0.15) is 6.61 Å². The second kappa shape index (κ2) is 13.9. The predicted octanol–water partition coefficient (Wildman–Crippen LogP) is 4.81. The third-order valence-corrected chi connectivity index (χ3v) is 4.08. The molecule has 0 aliphatic rings. The molecule has 0 amide bonds. The second-order valence-corrected chi connectivity index (χ2v) is 6.48. The lowest BCUT2D eigenvalue weighted by Gasteiger charge is -2.15. The number of hydrogen-bond donors (Lipinski definition) is 1. The van der Waals surface area contributed by atoms with Gasteiger partial charge in [0.25, 0.3) is 0 Å². The van der Waals surface area contributed by atoms with Gasteiger partial charge >= 0.3 is 0 Å². The maximum absolute atomic E-state index is 6.19. The lowest BCUT2D eigenvalue weighted by atomic mass is 10.2. The number of nitrogens with one attached hydrogen (secondary N) is 1. The summed E-state index contributed by atoms with van der Waals surface area (Å²) < 4.78 is 11.7. The van der Waals surface area contributed by atoms with Crippen molar-refractivity contribution in [1.29, 1.82) is 0 Å². The second-order valence-electron chi connectivity index (χ2n) is 6.07. The van der Waals surface area contributed by atoms with Crippen LogP contribution in [-0.2, 0) is 13.2 Å². The normalized spacial score (nSPS) is 10.1. The van der Waals surface area contributed by atoms with Crippen LogP contribution in [0.1, 0.15) is 18.1 Å². The number of rotatable bonds is 10. The summed E-state index contributed by atoms with van der Waals surface area (Å²) in [5, 5.41) is 4.14. The van der Waals surface area contributed by atoms with Crippen LogP contribution in [0.25, 0.3) is 0 Å². The van der Waals surface area contributed by atoms with Crippen molar-refractivity contribution in [2.75, 3.05) is 33.8 Å². The van der Waals surface area contributed by atoms with Crippen LogP contribution in [0, 0.1) is 0 Å². The first kappa shape index (κ1) is 25.8. The third kappa shape index (κ3) is 9.04. The summed E-state index contributed by atoms with van der Waals surface area (Å²) in [5.41, 5.74) is 2.13. The molecular formula is C20H29Cl3N2O2. The van der Waals surface area contributed by atoms with Crippen LogP contribution >= 0.6 is 36.4 Å². The SMILES string of the molecule is CCOc1cc(CNCCN(C)C)ccc1OCc1ccccc1Cl.Cl.Cl. The molecule has 4 nitrogen and oxygen atoms in total. The van der Waals surface area contributed by atoms with Gasteiger partial charge in [0.05, 0.1) is 6.61 Å². The molecule has 27 heavy (non-hydrogen) atoms. The Morgan fingerprint density at radius 3 is 2.41 bits per heavy atom. The number of ether oxygens (including phenoxy) is 2. The highest BCUT2D eigenvalue weighted by atomic mass is 35.5. The van der Waals surface area contributed by atoms with Crippen molar-refractivity contribution in [3.8, 4) is 11.5 Å². The van der Waals surface area contributed by atoms with Crippen molar-refractivity contribution in [2.45, 2.75) is 20.1 Å². The van der Waals surface area contributed by atoms with Crippen LogP contribution in [0.5, 0.6) is 11.5 Å². The monoisotopic (exact) mass is 434 g/mol. The Kier molecular flexibility index (Phi) is 13.3. The predicted molar refractivity (Wildman–Crippen MR) is 118 cm³/mol. The minimum absolute atomic E-state index is 0. The minimum Gasteiger partial charge on any atom is -0.490 e. The van der Waals surface area contributed by atoms with Crippen molar-refractivity contribution in [1.82, 2.24) is 10.2 Å². The Bertz CT molecular complexity index is 669. The number of hydrogen-bond acceptors (Lipinski definition) is 4. The summed E-state index contributed by atoms with van der Waals surface area (Å²) in [4.78, 5) is 2.16. The van der Waals surface area contributed by atoms with E-state index in [0.717, 1.165) is 36.7 Å². The average molecular weight is 436 g/mol. The fourth-order valence-corrected chi connectivity index (χ4v) is 2.55. The summed E-state index contributed by atoms with van der Waals surface area (Å²) in [5.74, 6) is 1.50. The van der Waals surface area contributed by atoms with E-state index in [1.54, 1.807) is 0 Å². The highest BCUT2D eigenvalue weighted by Gasteiger charge is 2.08. The van der Waals surface area contributed by atoms with Gasteiger partial charge in [-0.25, -0.2) is 0 Å². The molecule has 0 heterocycles. The van der Waals surface area contributed by atoms with Crippen LogP contribution < -0.4 is 14.8 Å². The molecule has 0 spiro atoms. The van der Waals surface area contributed by atoms with Crippen LogP contribution in [0.3, 0.4) is 0 Å². The highest BCUT2D eigenvalue weighted by molar-refractivity contribution is 6.31. The van der Waals surface area contributed by atoms with E-state index >= 15 is 0 Å². The molecule has 7 heteroatoms. The van der Waals surface area contributed by atoms with E-state index in [1.165, 1.54) is 5.56 Å². The Morgan fingerprint density at radius 2 is 1.74 bits per heavy atom. The van der Waals surface area contributed by atoms with E-state index in [4.69, 9.17) is 21.1 Å². The molecule has 0 unspecified atom stereocenters. The molecule has 0 atom stereocenters. The van der Waals surface area contributed by atoms with Crippen molar-refractivity contribution < 1.29 is 9.47 Å². The summed E-state index contributed by atoms with van der Waals surface area (Å²) in [6, 6.07) is 13.8. The zero-order valence-electron chi connectivity index (χ0n) is 16.0. The first-order chi connectivity index (χ1) is 12.1. The number of benzene rings is 2. The number of halogens is 3. The Balaban J connectivity index is 0.00000338. The molecule has 0 saturated carbocycles. The summed E-state index contributed by atoms with van der Waals surface area (Å²) >= 11 is 6.19. The van der Waals surface area contributed by atoms with Gasteiger partial charge in [-0.05, 0) is 44.8 Å². The maximum atomic E-state index is 6.19. The first-order valence-corrected chi connectivity index (χ1v) is 8.95. The zero-order valence-corrected chi connectivity index (χ0v) is 18.4. The lowest BCUT2D eigenvalue weighted by Crippen LogP contribution is -2.26. The standard InChI is InChI=1S/C20H27ClN2O2.2ClH/c1-4-24-20-13-16(14-22-11-12-23(2)3)9-10-19(20)25-15-17-7-5-6-8-18(17)21;;/h5-10,13,22H,4,11-12,14-15H2,1-3H3;2*1H. The Hall–Kier alpha value is -1.17. The zero-order chi connectivity index (χ0) is 18.1. The minimum atomic E-state index is 0. The Labute approximate surface area is 180 Å². The largest absolute Gasteiger partial charge is 0.490 e. The number of nitrogens with zero attached hydrogens (tertiary/aromatic N) is 1. The van der Waals surface area contributed by atoms with Crippen LogP contribution in [0.2, 0.25) is 5.02 Å². The lowest BCUT2D eigenvalue weighted by molar-refractivity contribution is 0.269. The van der Waals surface area contributed by atoms with Gasteiger partial charge in [-0.1, -0.05) is 35.9 Å². The Morgan fingerprint density at radius 1 is 1.00 bits per heavy atom. The van der Waals surface area contributed by atoms with Crippen molar-refractivity contribution >= 4 is 36.4 Å². The van der Waals surface area contributed by atoms with E-state index in [1.807, 2.05) is 43.3 Å². The van der Waals surface area contributed by atoms with Crippen LogP contribution in [0.4, 0.5) is 0 Å². The molecule has 0 radical (unpaired) electrons. The fraction of sp³-hybridized carbons (Fsp3) is 0.400. The fourth-order valence-electron chi connectivity index (χ4n) is 2.36. The molecule has 0 aliphatic heterocycles. The molecule has 2 rings (SSSR count). The van der Waals surface area contributed by atoms with Gasteiger partial charge in [0, 0.05) is 30.2 Å². The molecule has 0 aliphatic carbocycles. The topological polar surface area (TPSA) is 33.7 Å². The van der Waals surface area contributed by atoms with Crippen molar-refractivity contribution in [2.24, 2.45) is 0 Å². The number of likely N-dealkylation sites (N-methyl/N-ethyl adjacent to an activating group) is 1. The van der Waals surface area contributed by atoms with Crippen LogP contribution in [-0.4, -0.2) is 38.7 Å².